The van der Waals surface area contributed by atoms with E-state index in [9.17, 15) is 4.79 Å². The fourth-order valence-corrected chi connectivity index (χ4v) is 2.97. The summed E-state index contributed by atoms with van der Waals surface area (Å²) >= 11 is 0. The fourth-order valence-electron chi connectivity index (χ4n) is 2.97. The number of aromatic nitrogens is 1. The highest BCUT2D eigenvalue weighted by Gasteiger charge is 2.24. The Morgan fingerprint density at radius 1 is 1.19 bits per heavy atom. The molecule has 1 aliphatic heterocycles. The molecule has 27 heavy (non-hydrogen) atoms. The van der Waals surface area contributed by atoms with Crippen LogP contribution in [0.1, 0.15) is 15.9 Å². The number of methoxy groups -OCH3 is 1. The molecule has 1 aromatic heterocycles. The van der Waals surface area contributed by atoms with Crippen LogP contribution in [-0.4, -0.2) is 62.3 Å². The van der Waals surface area contributed by atoms with Gasteiger partial charge in [0.2, 0.25) is 0 Å². The SMILES string of the molecule is COCCOc1ccccc1C(=O)N1CCN(c2cc(C#N)ccn2)CC1. The van der Waals surface area contributed by atoms with Crippen LogP contribution in [0.15, 0.2) is 42.6 Å². The second kappa shape index (κ2) is 9.01. The molecule has 1 saturated heterocycles. The molecule has 7 heteroatoms. The third-order valence-electron chi connectivity index (χ3n) is 4.43. The molecule has 2 aromatic rings. The van der Waals surface area contributed by atoms with Gasteiger partial charge < -0.3 is 19.3 Å². The van der Waals surface area contributed by atoms with Gasteiger partial charge in [-0.15, -0.1) is 0 Å². The van der Waals surface area contributed by atoms with Gasteiger partial charge in [-0.3, -0.25) is 4.79 Å². The van der Waals surface area contributed by atoms with Gasteiger partial charge in [0.05, 0.1) is 23.8 Å². The maximum atomic E-state index is 12.9. The number of hydrogen-bond acceptors (Lipinski definition) is 6. The summed E-state index contributed by atoms with van der Waals surface area (Å²) in [5, 5.41) is 9.04. The number of carbonyl (C=O) groups excluding carboxylic acids is 1. The van der Waals surface area contributed by atoms with Gasteiger partial charge >= 0.3 is 0 Å². The number of benzene rings is 1. The smallest absolute Gasteiger partial charge is 0.257 e. The van der Waals surface area contributed by atoms with Crippen LogP contribution in [0.3, 0.4) is 0 Å². The number of para-hydroxylation sites is 1. The molecule has 3 rings (SSSR count). The minimum atomic E-state index is -0.0404. The zero-order valence-corrected chi connectivity index (χ0v) is 15.3. The Kier molecular flexibility index (Phi) is 6.23. The number of rotatable bonds is 6. The zero-order valence-electron chi connectivity index (χ0n) is 15.3. The Bertz CT molecular complexity index is 826. The van der Waals surface area contributed by atoms with Crippen LogP contribution in [0.25, 0.3) is 0 Å². The molecule has 1 aliphatic rings. The molecule has 1 aromatic carbocycles. The van der Waals surface area contributed by atoms with E-state index in [0.29, 0.717) is 56.3 Å². The molecule has 1 amide bonds. The molecular weight excluding hydrogens is 344 g/mol. The maximum absolute atomic E-state index is 12.9. The van der Waals surface area contributed by atoms with Crippen LogP contribution >= 0.6 is 0 Å². The Morgan fingerprint density at radius 3 is 2.70 bits per heavy atom. The van der Waals surface area contributed by atoms with Crippen LogP contribution < -0.4 is 9.64 Å². The largest absolute Gasteiger partial charge is 0.490 e. The highest BCUT2D eigenvalue weighted by molar-refractivity contribution is 5.97. The zero-order chi connectivity index (χ0) is 19.1. The lowest BCUT2D eigenvalue weighted by Crippen LogP contribution is -2.49. The molecule has 1 fully saturated rings. The first-order chi connectivity index (χ1) is 13.2. The molecule has 0 spiro atoms. The Balaban J connectivity index is 1.64. The first-order valence-corrected chi connectivity index (χ1v) is 8.84. The summed E-state index contributed by atoms with van der Waals surface area (Å²) in [6, 6.07) is 12.9. The Morgan fingerprint density at radius 2 is 1.96 bits per heavy atom. The average Bonchev–Trinajstić information content (AvgIpc) is 2.74. The van der Waals surface area contributed by atoms with Gasteiger partial charge in [-0.05, 0) is 24.3 Å². The topological polar surface area (TPSA) is 78.7 Å². The first kappa shape index (κ1) is 18.7. The molecule has 0 saturated carbocycles. The van der Waals surface area contributed by atoms with Crippen LogP contribution in [0.2, 0.25) is 0 Å². The third kappa shape index (κ3) is 4.54. The quantitative estimate of drug-likeness (QED) is 0.727. The number of amides is 1. The molecule has 0 atom stereocenters. The van der Waals surface area contributed by atoms with Crippen LogP contribution in [0.4, 0.5) is 5.82 Å². The summed E-state index contributed by atoms with van der Waals surface area (Å²) in [6.07, 6.45) is 1.64. The average molecular weight is 366 g/mol. The van der Waals surface area contributed by atoms with Crippen LogP contribution in [-0.2, 0) is 4.74 Å². The molecular formula is C20H22N4O3. The van der Waals surface area contributed by atoms with E-state index in [4.69, 9.17) is 14.7 Å². The number of nitrogens with zero attached hydrogens (tertiary/aromatic N) is 4. The minimum absolute atomic E-state index is 0.0404. The van der Waals surface area contributed by atoms with Gasteiger partial charge in [-0.1, -0.05) is 12.1 Å². The second-order valence-corrected chi connectivity index (χ2v) is 6.13. The van der Waals surface area contributed by atoms with Gasteiger partial charge in [-0.25, -0.2) is 4.98 Å². The summed E-state index contributed by atoms with van der Waals surface area (Å²) in [6.45, 7) is 3.37. The van der Waals surface area contributed by atoms with Crippen molar-refractivity contribution in [1.82, 2.24) is 9.88 Å². The molecule has 0 bridgehead atoms. The van der Waals surface area contributed by atoms with E-state index in [2.05, 4.69) is 16.0 Å². The van der Waals surface area contributed by atoms with Crippen LogP contribution in [0.5, 0.6) is 5.75 Å². The predicted molar refractivity (Wildman–Crippen MR) is 101 cm³/mol. The fraction of sp³-hybridized carbons (Fsp3) is 0.350. The lowest BCUT2D eigenvalue weighted by molar-refractivity contribution is 0.0739. The predicted octanol–water partition coefficient (Wildman–Crippen LogP) is 1.94. The first-order valence-electron chi connectivity index (χ1n) is 8.84. The highest BCUT2D eigenvalue weighted by Crippen LogP contribution is 2.22. The molecule has 0 radical (unpaired) electrons. The summed E-state index contributed by atoms with van der Waals surface area (Å²) in [5.41, 5.74) is 1.15. The normalized spacial score (nSPS) is 13.9. The van der Waals surface area contributed by atoms with Crippen molar-refractivity contribution in [2.45, 2.75) is 0 Å². The van der Waals surface area contributed by atoms with Crippen molar-refractivity contribution < 1.29 is 14.3 Å². The maximum Gasteiger partial charge on any atom is 0.257 e. The van der Waals surface area contributed by atoms with Crippen molar-refractivity contribution in [2.24, 2.45) is 0 Å². The lowest BCUT2D eigenvalue weighted by Gasteiger charge is -2.35. The Labute approximate surface area is 158 Å². The van der Waals surface area contributed by atoms with Gasteiger partial charge in [0.1, 0.15) is 18.2 Å². The van der Waals surface area contributed by atoms with E-state index in [0.717, 1.165) is 5.82 Å². The second-order valence-electron chi connectivity index (χ2n) is 6.13. The van der Waals surface area contributed by atoms with Gasteiger partial charge in [0.25, 0.3) is 5.91 Å². The number of anilines is 1. The number of pyridine rings is 1. The summed E-state index contributed by atoms with van der Waals surface area (Å²) in [5.74, 6) is 1.30. The van der Waals surface area contributed by atoms with Crippen molar-refractivity contribution in [3.05, 3.63) is 53.7 Å². The Hall–Kier alpha value is -3.11. The number of hydrogen-bond donors (Lipinski definition) is 0. The van der Waals surface area contributed by atoms with Crippen molar-refractivity contribution in [3.63, 3.8) is 0 Å². The molecule has 140 valence electrons. The van der Waals surface area contributed by atoms with Gasteiger partial charge in [-0.2, -0.15) is 5.26 Å². The van der Waals surface area contributed by atoms with Crippen molar-refractivity contribution in [3.8, 4) is 11.8 Å². The molecule has 0 aliphatic carbocycles. The summed E-state index contributed by atoms with van der Waals surface area (Å²) < 4.78 is 10.7. The lowest BCUT2D eigenvalue weighted by atomic mass is 10.1. The minimum Gasteiger partial charge on any atom is -0.490 e. The number of ether oxygens (including phenoxy) is 2. The van der Waals surface area contributed by atoms with Gasteiger partial charge in [0.15, 0.2) is 0 Å². The van der Waals surface area contributed by atoms with E-state index in [1.165, 1.54) is 0 Å². The number of nitriles is 1. The van der Waals surface area contributed by atoms with Crippen molar-refractivity contribution in [2.75, 3.05) is 51.4 Å². The summed E-state index contributed by atoms with van der Waals surface area (Å²) in [7, 11) is 1.61. The van der Waals surface area contributed by atoms with E-state index in [1.807, 2.05) is 17.0 Å². The standard InChI is InChI=1S/C20H22N4O3/c1-26-12-13-27-18-5-3-2-4-17(18)20(25)24-10-8-23(9-11-24)19-14-16(15-21)6-7-22-19/h2-7,14H,8-13H2,1H3. The van der Waals surface area contributed by atoms with Crippen molar-refractivity contribution >= 4 is 11.7 Å². The number of piperazine rings is 1. The van der Waals surface area contributed by atoms with E-state index in [-0.39, 0.29) is 5.91 Å². The van der Waals surface area contributed by atoms with Gasteiger partial charge in [0, 0.05) is 39.5 Å². The van der Waals surface area contributed by atoms with Crippen LogP contribution in [0, 0.1) is 11.3 Å². The van der Waals surface area contributed by atoms with E-state index >= 15 is 0 Å². The molecule has 0 N–H and O–H groups in total. The highest BCUT2D eigenvalue weighted by atomic mass is 16.5. The van der Waals surface area contributed by atoms with E-state index in [1.54, 1.807) is 37.6 Å². The molecule has 0 unspecified atom stereocenters. The number of carbonyl (C=O) groups is 1. The monoisotopic (exact) mass is 366 g/mol. The third-order valence-corrected chi connectivity index (χ3v) is 4.43. The molecule has 7 nitrogen and oxygen atoms in total. The molecule has 2 heterocycles. The van der Waals surface area contributed by atoms with Crippen molar-refractivity contribution in [1.29, 1.82) is 5.26 Å². The van der Waals surface area contributed by atoms with E-state index < -0.39 is 0 Å². The summed E-state index contributed by atoms with van der Waals surface area (Å²) in [4.78, 5) is 21.2.